The third-order valence-electron chi connectivity index (χ3n) is 4.57. The minimum atomic E-state index is -0.492. The normalized spacial score (nSPS) is 10.5. The van der Waals surface area contributed by atoms with Crippen molar-refractivity contribution in [3.05, 3.63) is 90.6 Å². The molecule has 150 valence electrons. The molecular formula is C24H20N2O4. The average molecular weight is 400 g/mol. The van der Waals surface area contributed by atoms with E-state index in [0.29, 0.717) is 34.1 Å². The van der Waals surface area contributed by atoms with Crippen LogP contribution in [0.2, 0.25) is 0 Å². The van der Waals surface area contributed by atoms with Crippen molar-refractivity contribution in [2.24, 2.45) is 0 Å². The van der Waals surface area contributed by atoms with Crippen LogP contribution in [0.3, 0.4) is 0 Å². The Labute approximate surface area is 174 Å². The number of hydrogen-bond donors (Lipinski definition) is 0. The van der Waals surface area contributed by atoms with Gasteiger partial charge in [0.15, 0.2) is 11.5 Å². The number of methoxy groups -OCH3 is 2. The summed E-state index contributed by atoms with van der Waals surface area (Å²) in [5.74, 6) is 1.12. The van der Waals surface area contributed by atoms with Crippen LogP contribution in [0.15, 0.2) is 85.1 Å². The summed E-state index contributed by atoms with van der Waals surface area (Å²) in [7, 11) is 3.14. The Morgan fingerprint density at radius 1 is 0.833 bits per heavy atom. The standard InChI is InChI=1S/C24H20N2O4/c1-28-21-14-13-17(15-22(21)29-2)23-20(24(27)30-19-11-7-4-8-12-19)16-26(25-23)18-9-5-3-6-10-18/h3-16H,1-2H3. The molecule has 0 aliphatic rings. The van der Waals surface area contributed by atoms with Crippen LogP contribution in [0.1, 0.15) is 10.4 Å². The minimum Gasteiger partial charge on any atom is -0.493 e. The van der Waals surface area contributed by atoms with Crippen molar-refractivity contribution >= 4 is 5.97 Å². The van der Waals surface area contributed by atoms with Crippen LogP contribution in [-0.4, -0.2) is 30.0 Å². The quantitative estimate of drug-likeness (QED) is 0.344. The van der Waals surface area contributed by atoms with Gasteiger partial charge in [0.25, 0.3) is 0 Å². The van der Waals surface area contributed by atoms with Crippen molar-refractivity contribution in [2.75, 3.05) is 14.2 Å². The molecule has 0 saturated heterocycles. The van der Waals surface area contributed by atoms with E-state index in [4.69, 9.17) is 14.2 Å². The molecule has 1 aromatic heterocycles. The van der Waals surface area contributed by atoms with Gasteiger partial charge in [-0.1, -0.05) is 36.4 Å². The van der Waals surface area contributed by atoms with E-state index in [1.807, 2.05) is 54.6 Å². The number of aromatic nitrogens is 2. The number of esters is 1. The number of carbonyl (C=O) groups excluding carboxylic acids is 1. The van der Waals surface area contributed by atoms with Crippen LogP contribution in [-0.2, 0) is 0 Å². The predicted octanol–water partition coefficient (Wildman–Crippen LogP) is 4.78. The molecule has 0 atom stereocenters. The molecule has 0 amide bonds. The van der Waals surface area contributed by atoms with Gasteiger partial charge in [-0.3, -0.25) is 0 Å². The lowest BCUT2D eigenvalue weighted by molar-refractivity contribution is 0.0735. The van der Waals surface area contributed by atoms with Gasteiger partial charge in [0.1, 0.15) is 17.0 Å². The molecule has 3 aromatic carbocycles. The highest BCUT2D eigenvalue weighted by Crippen LogP contribution is 2.33. The smallest absolute Gasteiger partial charge is 0.347 e. The van der Waals surface area contributed by atoms with Gasteiger partial charge >= 0.3 is 5.97 Å². The van der Waals surface area contributed by atoms with E-state index >= 15 is 0 Å². The van der Waals surface area contributed by atoms with Gasteiger partial charge in [0.05, 0.1) is 19.9 Å². The molecule has 0 saturated carbocycles. The Balaban J connectivity index is 1.80. The van der Waals surface area contributed by atoms with Crippen LogP contribution >= 0.6 is 0 Å². The van der Waals surface area contributed by atoms with E-state index in [1.54, 1.807) is 49.4 Å². The minimum absolute atomic E-state index is 0.343. The largest absolute Gasteiger partial charge is 0.493 e. The van der Waals surface area contributed by atoms with E-state index < -0.39 is 5.97 Å². The lowest BCUT2D eigenvalue weighted by atomic mass is 10.1. The van der Waals surface area contributed by atoms with Crippen molar-refractivity contribution in [2.45, 2.75) is 0 Å². The molecule has 0 unspecified atom stereocenters. The second kappa shape index (κ2) is 8.53. The molecule has 0 aliphatic carbocycles. The molecule has 0 spiro atoms. The molecule has 1 heterocycles. The third kappa shape index (κ3) is 3.89. The van der Waals surface area contributed by atoms with Gasteiger partial charge in [-0.2, -0.15) is 5.10 Å². The molecule has 30 heavy (non-hydrogen) atoms. The summed E-state index contributed by atoms with van der Waals surface area (Å²) < 4.78 is 18.0. The Hall–Kier alpha value is -4.06. The van der Waals surface area contributed by atoms with E-state index in [2.05, 4.69) is 5.10 Å². The summed E-state index contributed by atoms with van der Waals surface area (Å²) in [6, 6.07) is 23.9. The lowest BCUT2D eigenvalue weighted by Crippen LogP contribution is -2.09. The van der Waals surface area contributed by atoms with E-state index in [1.165, 1.54) is 0 Å². The number of rotatable bonds is 6. The number of hydrogen-bond acceptors (Lipinski definition) is 5. The van der Waals surface area contributed by atoms with Crippen LogP contribution in [0, 0.1) is 0 Å². The molecule has 4 aromatic rings. The Kier molecular flexibility index (Phi) is 5.48. The van der Waals surface area contributed by atoms with Gasteiger partial charge in [0, 0.05) is 11.8 Å². The molecular weight excluding hydrogens is 380 g/mol. The number of nitrogens with zero attached hydrogens (tertiary/aromatic N) is 2. The summed E-state index contributed by atoms with van der Waals surface area (Å²) >= 11 is 0. The van der Waals surface area contributed by atoms with Crippen molar-refractivity contribution in [3.8, 4) is 34.2 Å². The predicted molar refractivity (Wildman–Crippen MR) is 114 cm³/mol. The average Bonchev–Trinajstić information content (AvgIpc) is 3.25. The molecule has 0 N–H and O–H groups in total. The first kappa shape index (κ1) is 19.3. The van der Waals surface area contributed by atoms with Crippen LogP contribution in [0.5, 0.6) is 17.2 Å². The van der Waals surface area contributed by atoms with Crippen LogP contribution < -0.4 is 14.2 Å². The Bertz CT molecular complexity index is 1150. The van der Waals surface area contributed by atoms with Crippen LogP contribution in [0.25, 0.3) is 16.9 Å². The number of benzene rings is 3. The van der Waals surface area contributed by atoms with Crippen molar-refractivity contribution in [3.63, 3.8) is 0 Å². The summed E-state index contributed by atoms with van der Waals surface area (Å²) in [6.07, 6.45) is 1.67. The number of para-hydroxylation sites is 2. The Morgan fingerprint density at radius 2 is 1.50 bits per heavy atom. The summed E-state index contributed by atoms with van der Waals surface area (Å²) in [5.41, 5.74) is 2.37. The zero-order valence-corrected chi connectivity index (χ0v) is 16.6. The van der Waals surface area contributed by atoms with Gasteiger partial charge in [-0.15, -0.1) is 0 Å². The summed E-state index contributed by atoms with van der Waals surface area (Å²) in [5, 5.41) is 4.66. The maximum absolute atomic E-state index is 13.0. The SMILES string of the molecule is COc1ccc(-c2nn(-c3ccccc3)cc2C(=O)Oc2ccccc2)cc1OC. The van der Waals surface area contributed by atoms with Gasteiger partial charge in [-0.05, 0) is 42.5 Å². The molecule has 0 aliphatic heterocycles. The highest BCUT2D eigenvalue weighted by molar-refractivity contribution is 5.97. The summed E-state index contributed by atoms with van der Waals surface area (Å²) in [4.78, 5) is 13.0. The van der Waals surface area contributed by atoms with Crippen molar-refractivity contribution < 1.29 is 19.0 Å². The maximum atomic E-state index is 13.0. The van der Waals surface area contributed by atoms with Gasteiger partial charge < -0.3 is 14.2 Å². The van der Waals surface area contributed by atoms with E-state index in [9.17, 15) is 4.79 Å². The first-order chi connectivity index (χ1) is 14.7. The first-order valence-electron chi connectivity index (χ1n) is 9.34. The zero-order valence-electron chi connectivity index (χ0n) is 16.6. The van der Waals surface area contributed by atoms with Crippen LogP contribution in [0.4, 0.5) is 0 Å². The molecule has 0 radical (unpaired) electrons. The van der Waals surface area contributed by atoms with Gasteiger partial charge in [0.2, 0.25) is 0 Å². The fourth-order valence-electron chi connectivity index (χ4n) is 3.08. The fraction of sp³-hybridized carbons (Fsp3) is 0.0833. The second-order valence-electron chi connectivity index (χ2n) is 6.44. The number of carbonyl (C=O) groups is 1. The molecule has 0 bridgehead atoms. The monoisotopic (exact) mass is 400 g/mol. The highest BCUT2D eigenvalue weighted by Gasteiger charge is 2.21. The van der Waals surface area contributed by atoms with Crippen molar-refractivity contribution in [1.82, 2.24) is 9.78 Å². The topological polar surface area (TPSA) is 62.6 Å². The van der Waals surface area contributed by atoms with E-state index in [0.717, 1.165) is 5.69 Å². The Morgan fingerprint density at radius 3 is 2.17 bits per heavy atom. The molecule has 6 nitrogen and oxygen atoms in total. The maximum Gasteiger partial charge on any atom is 0.347 e. The first-order valence-corrected chi connectivity index (χ1v) is 9.34. The zero-order chi connectivity index (χ0) is 20.9. The molecule has 0 fully saturated rings. The van der Waals surface area contributed by atoms with Crippen molar-refractivity contribution in [1.29, 1.82) is 0 Å². The third-order valence-corrected chi connectivity index (χ3v) is 4.57. The summed E-state index contributed by atoms with van der Waals surface area (Å²) in [6.45, 7) is 0. The van der Waals surface area contributed by atoms with Gasteiger partial charge in [-0.25, -0.2) is 9.48 Å². The fourth-order valence-corrected chi connectivity index (χ4v) is 3.08. The van der Waals surface area contributed by atoms with E-state index in [-0.39, 0.29) is 0 Å². The highest BCUT2D eigenvalue weighted by atomic mass is 16.5. The lowest BCUT2D eigenvalue weighted by Gasteiger charge is -2.09. The molecule has 6 heteroatoms. The number of ether oxygens (including phenoxy) is 3. The molecule has 4 rings (SSSR count). The second-order valence-corrected chi connectivity index (χ2v) is 6.44.